The van der Waals surface area contributed by atoms with Crippen LogP contribution in [0.25, 0.3) is 10.9 Å². The number of benzene rings is 2. The molecule has 0 bridgehead atoms. The first kappa shape index (κ1) is 20.1. The number of aromatic nitrogens is 1. The number of halogens is 6. The number of aromatic amines is 1. The molecule has 0 aliphatic rings. The molecule has 150 valence electrons. The number of hydrogen-bond acceptors (Lipinski definition) is 2. The molecule has 1 heterocycles. The number of hydrogen-bond donors (Lipinski definition) is 2. The summed E-state index contributed by atoms with van der Waals surface area (Å²) in [5.41, 5.74) is 2.50. The van der Waals surface area contributed by atoms with E-state index in [0.717, 1.165) is 23.4 Å². The predicted octanol–water partition coefficient (Wildman–Crippen LogP) is 5.12. The lowest BCUT2D eigenvalue weighted by molar-refractivity contribution is -0.274. The SMILES string of the molecule is Cc1[nH]c2ccc(OC(F)(F)F)cc2c1CCNCc1cc(F)c(F)c(F)c1. The van der Waals surface area contributed by atoms with Crippen LogP contribution >= 0.6 is 0 Å². The van der Waals surface area contributed by atoms with Gasteiger partial charge >= 0.3 is 6.36 Å². The molecule has 0 saturated heterocycles. The molecule has 0 aliphatic carbocycles. The Morgan fingerprint density at radius 1 is 1.04 bits per heavy atom. The normalized spacial score (nSPS) is 12.0. The van der Waals surface area contributed by atoms with E-state index < -0.39 is 23.8 Å². The topological polar surface area (TPSA) is 37.0 Å². The van der Waals surface area contributed by atoms with E-state index in [0.29, 0.717) is 23.9 Å². The number of alkyl halides is 3. The van der Waals surface area contributed by atoms with Crippen LogP contribution in [0.15, 0.2) is 30.3 Å². The Morgan fingerprint density at radius 2 is 1.71 bits per heavy atom. The molecule has 0 atom stereocenters. The van der Waals surface area contributed by atoms with Crippen molar-refractivity contribution < 1.29 is 31.1 Å². The Morgan fingerprint density at radius 3 is 2.36 bits per heavy atom. The van der Waals surface area contributed by atoms with Crippen LogP contribution in [-0.2, 0) is 13.0 Å². The maximum Gasteiger partial charge on any atom is 0.573 e. The number of H-pyrrole nitrogens is 1. The zero-order valence-electron chi connectivity index (χ0n) is 14.7. The molecule has 3 nitrogen and oxygen atoms in total. The lowest BCUT2D eigenvalue weighted by Crippen LogP contribution is -2.17. The number of rotatable bonds is 6. The van der Waals surface area contributed by atoms with Crippen LogP contribution in [-0.4, -0.2) is 17.9 Å². The highest BCUT2D eigenvalue weighted by Gasteiger charge is 2.31. The van der Waals surface area contributed by atoms with Crippen molar-refractivity contribution in [2.45, 2.75) is 26.3 Å². The minimum atomic E-state index is -4.78. The van der Waals surface area contributed by atoms with Gasteiger partial charge in [0.25, 0.3) is 0 Å². The first-order chi connectivity index (χ1) is 13.1. The van der Waals surface area contributed by atoms with E-state index in [4.69, 9.17) is 0 Å². The highest BCUT2D eigenvalue weighted by atomic mass is 19.4. The largest absolute Gasteiger partial charge is 0.573 e. The molecule has 0 spiro atoms. The number of fused-ring (bicyclic) bond motifs is 1. The summed E-state index contributed by atoms with van der Waals surface area (Å²) in [4.78, 5) is 3.09. The van der Waals surface area contributed by atoms with E-state index in [-0.39, 0.29) is 17.9 Å². The molecular formula is C19H16F6N2O. The lowest BCUT2D eigenvalue weighted by Gasteiger charge is -2.09. The molecule has 3 rings (SSSR count). The maximum atomic E-state index is 13.2. The van der Waals surface area contributed by atoms with Crippen LogP contribution in [0, 0.1) is 24.4 Å². The smallest absolute Gasteiger partial charge is 0.406 e. The van der Waals surface area contributed by atoms with Gasteiger partial charge in [-0.25, -0.2) is 13.2 Å². The quantitative estimate of drug-likeness (QED) is 0.341. The third kappa shape index (κ3) is 4.59. The molecule has 2 aromatic carbocycles. The average molecular weight is 402 g/mol. The van der Waals surface area contributed by atoms with Crippen LogP contribution in [0.4, 0.5) is 26.3 Å². The van der Waals surface area contributed by atoms with Crippen molar-refractivity contribution in [2.75, 3.05) is 6.54 Å². The molecule has 0 saturated carbocycles. The first-order valence-corrected chi connectivity index (χ1v) is 8.35. The lowest BCUT2D eigenvalue weighted by atomic mass is 10.1. The molecule has 0 aliphatic heterocycles. The second-order valence-corrected chi connectivity index (χ2v) is 6.28. The van der Waals surface area contributed by atoms with Crippen molar-refractivity contribution in [1.29, 1.82) is 0 Å². The third-order valence-corrected chi connectivity index (χ3v) is 4.25. The minimum Gasteiger partial charge on any atom is -0.406 e. The highest BCUT2D eigenvalue weighted by Crippen LogP contribution is 2.29. The van der Waals surface area contributed by atoms with Crippen LogP contribution in [0.2, 0.25) is 0 Å². The van der Waals surface area contributed by atoms with Gasteiger partial charge in [-0.05, 0) is 61.3 Å². The fourth-order valence-electron chi connectivity index (χ4n) is 3.04. The summed E-state index contributed by atoms with van der Waals surface area (Å²) < 4.78 is 80.6. The number of ether oxygens (including phenoxy) is 1. The van der Waals surface area contributed by atoms with Crippen molar-refractivity contribution >= 4 is 10.9 Å². The molecule has 2 N–H and O–H groups in total. The Bertz CT molecular complexity index is 973. The van der Waals surface area contributed by atoms with Gasteiger partial charge in [0.1, 0.15) is 5.75 Å². The maximum absolute atomic E-state index is 13.2. The Balaban J connectivity index is 1.68. The average Bonchev–Trinajstić information content (AvgIpc) is 2.90. The van der Waals surface area contributed by atoms with E-state index in [2.05, 4.69) is 15.0 Å². The summed E-state index contributed by atoms with van der Waals surface area (Å²) in [7, 11) is 0. The molecule has 28 heavy (non-hydrogen) atoms. The molecule has 0 fully saturated rings. The van der Waals surface area contributed by atoms with Crippen molar-refractivity contribution in [3.63, 3.8) is 0 Å². The summed E-state index contributed by atoms with van der Waals surface area (Å²) in [6.45, 7) is 2.29. The summed E-state index contributed by atoms with van der Waals surface area (Å²) in [5.74, 6) is -4.36. The van der Waals surface area contributed by atoms with Crippen molar-refractivity contribution in [3.8, 4) is 5.75 Å². The summed E-state index contributed by atoms with van der Waals surface area (Å²) in [6, 6.07) is 5.86. The van der Waals surface area contributed by atoms with Gasteiger partial charge in [-0.2, -0.15) is 0 Å². The zero-order chi connectivity index (χ0) is 20.5. The zero-order valence-corrected chi connectivity index (χ0v) is 14.7. The van der Waals surface area contributed by atoms with E-state index in [1.807, 2.05) is 0 Å². The van der Waals surface area contributed by atoms with E-state index in [1.54, 1.807) is 6.92 Å². The van der Waals surface area contributed by atoms with Gasteiger partial charge in [0.05, 0.1) is 0 Å². The van der Waals surface area contributed by atoms with Crippen LogP contribution in [0.3, 0.4) is 0 Å². The monoisotopic (exact) mass is 402 g/mol. The molecular weight excluding hydrogens is 386 g/mol. The van der Waals surface area contributed by atoms with Gasteiger partial charge in [0, 0.05) is 23.1 Å². The molecule has 3 aromatic rings. The standard InChI is InChI=1S/C19H16F6N2O/c1-10-13(4-5-26-9-11-6-15(20)18(22)16(21)7-11)14-8-12(28-19(23,24)25)2-3-17(14)27-10/h2-3,6-8,26-27H,4-5,9H2,1H3. The Hall–Kier alpha value is -2.68. The van der Waals surface area contributed by atoms with Crippen LogP contribution < -0.4 is 10.1 Å². The van der Waals surface area contributed by atoms with Gasteiger partial charge in [-0.15, -0.1) is 13.2 Å². The van der Waals surface area contributed by atoms with Crippen molar-refractivity contribution in [3.05, 3.63) is 64.6 Å². The molecule has 0 unspecified atom stereocenters. The Kier molecular flexibility index (Phi) is 5.55. The molecule has 0 amide bonds. The fourth-order valence-corrected chi connectivity index (χ4v) is 3.04. The Labute approximate surface area is 156 Å². The fraction of sp³-hybridized carbons (Fsp3) is 0.263. The van der Waals surface area contributed by atoms with Gasteiger partial charge in [-0.1, -0.05) is 0 Å². The highest BCUT2D eigenvalue weighted by molar-refractivity contribution is 5.86. The van der Waals surface area contributed by atoms with Crippen molar-refractivity contribution in [2.24, 2.45) is 0 Å². The summed E-state index contributed by atoms with van der Waals surface area (Å²) in [6.07, 6.45) is -4.33. The number of nitrogens with one attached hydrogen (secondary N) is 2. The molecule has 9 heteroatoms. The van der Waals surface area contributed by atoms with Gasteiger partial charge in [0.15, 0.2) is 17.5 Å². The second kappa shape index (κ2) is 7.75. The predicted molar refractivity (Wildman–Crippen MR) is 91.4 cm³/mol. The summed E-state index contributed by atoms with van der Waals surface area (Å²) >= 11 is 0. The second-order valence-electron chi connectivity index (χ2n) is 6.28. The third-order valence-electron chi connectivity index (χ3n) is 4.25. The van der Waals surface area contributed by atoms with Crippen molar-refractivity contribution in [1.82, 2.24) is 10.3 Å². The van der Waals surface area contributed by atoms with E-state index >= 15 is 0 Å². The van der Waals surface area contributed by atoms with Crippen LogP contribution in [0.5, 0.6) is 5.75 Å². The van der Waals surface area contributed by atoms with E-state index in [1.165, 1.54) is 18.2 Å². The summed E-state index contributed by atoms with van der Waals surface area (Å²) in [5, 5.41) is 3.57. The van der Waals surface area contributed by atoms with Gasteiger partial charge < -0.3 is 15.0 Å². The van der Waals surface area contributed by atoms with E-state index in [9.17, 15) is 26.3 Å². The molecule has 1 aromatic heterocycles. The van der Waals surface area contributed by atoms with Crippen LogP contribution in [0.1, 0.15) is 16.8 Å². The van der Waals surface area contributed by atoms with Gasteiger partial charge in [0.2, 0.25) is 0 Å². The van der Waals surface area contributed by atoms with Gasteiger partial charge in [-0.3, -0.25) is 0 Å². The molecule has 0 radical (unpaired) electrons. The number of aryl methyl sites for hydroxylation is 1. The first-order valence-electron chi connectivity index (χ1n) is 8.35. The minimum absolute atomic E-state index is 0.109.